The lowest BCUT2D eigenvalue weighted by Crippen LogP contribution is -2.53. The van der Waals surface area contributed by atoms with Gasteiger partial charge in [0, 0.05) is 38.6 Å². The Labute approximate surface area is 135 Å². The number of carbonyl (C=O) groups excluding carboxylic acids is 1. The van der Waals surface area contributed by atoms with Crippen LogP contribution in [0.25, 0.3) is 0 Å². The van der Waals surface area contributed by atoms with Gasteiger partial charge in [-0.05, 0) is 33.1 Å². The van der Waals surface area contributed by atoms with Gasteiger partial charge in [-0.15, -0.1) is 0 Å². The van der Waals surface area contributed by atoms with Crippen molar-refractivity contribution in [2.24, 2.45) is 11.8 Å². The summed E-state index contributed by atoms with van der Waals surface area (Å²) >= 11 is 0. The first kappa shape index (κ1) is 18.5. The number of nitrogens with zero attached hydrogens (tertiary/aromatic N) is 2. The minimum atomic E-state index is -4.19. The predicted octanol–water partition coefficient (Wildman–Crippen LogP) is 2.27. The second kappa shape index (κ2) is 6.97. The van der Waals surface area contributed by atoms with Crippen LogP contribution in [0, 0.1) is 11.8 Å². The molecule has 1 N–H and O–H groups in total. The first-order valence-corrected chi connectivity index (χ1v) is 8.36. The molecule has 0 spiro atoms. The molecule has 1 saturated carbocycles. The summed E-state index contributed by atoms with van der Waals surface area (Å²) in [5, 5.41) is 9.83. The van der Waals surface area contributed by atoms with E-state index in [0.29, 0.717) is 45.6 Å². The molecule has 0 aromatic carbocycles. The molecule has 2 rings (SSSR count). The predicted molar refractivity (Wildman–Crippen MR) is 80.8 cm³/mol. The number of amides is 1. The molecular weight excluding hydrogens is 309 g/mol. The summed E-state index contributed by atoms with van der Waals surface area (Å²) < 4.78 is 38.6. The Hall–Kier alpha value is -0.820. The van der Waals surface area contributed by atoms with Crippen LogP contribution in [0.3, 0.4) is 0 Å². The zero-order chi connectivity index (χ0) is 17.3. The number of hydrogen-bond donors (Lipinski definition) is 1. The zero-order valence-electron chi connectivity index (χ0n) is 13.9. The van der Waals surface area contributed by atoms with Gasteiger partial charge in [0.2, 0.25) is 5.91 Å². The fraction of sp³-hybridized carbons (Fsp3) is 0.938. The fourth-order valence-corrected chi connectivity index (χ4v) is 3.64. The normalized spacial score (nSPS) is 28.0. The Balaban J connectivity index is 1.85. The van der Waals surface area contributed by atoms with E-state index < -0.39 is 23.6 Å². The lowest BCUT2D eigenvalue weighted by atomic mass is 9.80. The van der Waals surface area contributed by atoms with Gasteiger partial charge in [0.05, 0.1) is 11.5 Å². The first-order valence-electron chi connectivity index (χ1n) is 8.36. The molecule has 0 radical (unpaired) electrons. The molecule has 4 nitrogen and oxygen atoms in total. The smallest absolute Gasteiger partial charge is 0.389 e. The van der Waals surface area contributed by atoms with Crippen molar-refractivity contribution in [3.8, 4) is 0 Å². The van der Waals surface area contributed by atoms with Gasteiger partial charge in [-0.3, -0.25) is 9.69 Å². The van der Waals surface area contributed by atoms with E-state index in [9.17, 15) is 23.1 Å². The Kier molecular flexibility index (Phi) is 5.61. The van der Waals surface area contributed by atoms with E-state index in [-0.39, 0.29) is 18.7 Å². The molecule has 1 heterocycles. The van der Waals surface area contributed by atoms with Crippen LogP contribution >= 0.6 is 0 Å². The van der Waals surface area contributed by atoms with Crippen molar-refractivity contribution in [3.05, 3.63) is 0 Å². The van der Waals surface area contributed by atoms with E-state index in [4.69, 9.17) is 0 Å². The standard InChI is InChI=1S/C16H27F3N2O2/c1-15(2,23)11-20-6-8-21(9-7-20)14(22)12-4-3-5-13(10-12)16(17,18)19/h12-13,23H,3-11H2,1-2H3/t12-,13+/m0/s1. The molecule has 2 aliphatic rings. The van der Waals surface area contributed by atoms with Crippen molar-refractivity contribution in [2.75, 3.05) is 32.7 Å². The van der Waals surface area contributed by atoms with Crippen LogP contribution in [0.5, 0.6) is 0 Å². The Morgan fingerprint density at radius 3 is 2.26 bits per heavy atom. The number of hydrogen-bond acceptors (Lipinski definition) is 3. The number of aliphatic hydroxyl groups is 1. The molecule has 1 amide bonds. The largest absolute Gasteiger partial charge is 0.391 e. The van der Waals surface area contributed by atoms with Crippen molar-refractivity contribution in [1.29, 1.82) is 0 Å². The average Bonchev–Trinajstić information content (AvgIpc) is 2.45. The lowest BCUT2D eigenvalue weighted by molar-refractivity contribution is -0.187. The van der Waals surface area contributed by atoms with Gasteiger partial charge in [-0.25, -0.2) is 0 Å². The van der Waals surface area contributed by atoms with Crippen molar-refractivity contribution in [1.82, 2.24) is 9.80 Å². The molecule has 0 aromatic heterocycles. The van der Waals surface area contributed by atoms with E-state index in [1.165, 1.54) is 0 Å². The molecule has 0 unspecified atom stereocenters. The highest BCUT2D eigenvalue weighted by Gasteiger charge is 2.44. The molecule has 1 aliphatic carbocycles. The molecule has 134 valence electrons. The number of piperazine rings is 1. The second-order valence-electron chi connectivity index (χ2n) is 7.52. The minimum absolute atomic E-state index is 0.0633. The highest BCUT2D eigenvalue weighted by Crippen LogP contribution is 2.40. The maximum Gasteiger partial charge on any atom is 0.391 e. The van der Waals surface area contributed by atoms with E-state index in [1.807, 2.05) is 0 Å². The molecule has 0 aromatic rings. The number of alkyl halides is 3. The number of β-amino-alcohol motifs (C(OH)–C–C–N with tert-alkyl or cyclic N) is 1. The van der Waals surface area contributed by atoms with Crippen LogP contribution in [0.15, 0.2) is 0 Å². The van der Waals surface area contributed by atoms with Crippen molar-refractivity contribution >= 4 is 5.91 Å². The molecule has 1 saturated heterocycles. The fourth-order valence-electron chi connectivity index (χ4n) is 3.64. The van der Waals surface area contributed by atoms with Gasteiger partial charge in [-0.2, -0.15) is 13.2 Å². The van der Waals surface area contributed by atoms with E-state index in [2.05, 4.69) is 4.90 Å². The third-order valence-electron chi connectivity index (χ3n) is 4.78. The highest BCUT2D eigenvalue weighted by molar-refractivity contribution is 5.79. The van der Waals surface area contributed by atoms with E-state index >= 15 is 0 Å². The van der Waals surface area contributed by atoms with E-state index in [1.54, 1.807) is 18.7 Å². The summed E-state index contributed by atoms with van der Waals surface area (Å²) in [4.78, 5) is 16.3. The van der Waals surface area contributed by atoms with Gasteiger partial charge >= 0.3 is 6.18 Å². The van der Waals surface area contributed by atoms with Gasteiger partial charge in [-0.1, -0.05) is 6.42 Å². The molecule has 7 heteroatoms. The van der Waals surface area contributed by atoms with E-state index in [0.717, 1.165) is 0 Å². The highest BCUT2D eigenvalue weighted by atomic mass is 19.4. The molecule has 1 aliphatic heterocycles. The van der Waals surface area contributed by atoms with Crippen molar-refractivity contribution in [2.45, 2.75) is 51.3 Å². The van der Waals surface area contributed by atoms with Crippen LogP contribution in [0.4, 0.5) is 13.2 Å². The first-order chi connectivity index (χ1) is 10.6. The molecule has 23 heavy (non-hydrogen) atoms. The molecule has 2 fully saturated rings. The van der Waals surface area contributed by atoms with Gasteiger partial charge in [0.1, 0.15) is 0 Å². The van der Waals surface area contributed by atoms with Gasteiger partial charge < -0.3 is 10.0 Å². The topological polar surface area (TPSA) is 43.8 Å². The van der Waals surface area contributed by atoms with Crippen LogP contribution in [-0.4, -0.2) is 65.3 Å². The number of halogens is 3. The zero-order valence-corrected chi connectivity index (χ0v) is 13.9. The van der Waals surface area contributed by atoms with Gasteiger partial charge in [0.25, 0.3) is 0 Å². The van der Waals surface area contributed by atoms with Crippen molar-refractivity contribution in [3.63, 3.8) is 0 Å². The summed E-state index contributed by atoms with van der Waals surface area (Å²) in [6, 6.07) is 0. The van der Waals surface area contributed by atoms with Crippen LogP contribution in [0.2, 0.25) is 0 Å². The monoisotopic (exact) mass is 336 g/mol. The van der Waals surface area contributed by atoms with Crippen molar-refractivity contribution < 1.29 is 23.1 Å². The summed E-state index contributed by atoms with van der Waals surface area (Å²) in [5.41, 5.74) is -0.782. The SMILES string of the molecule is CC(C)(O)CN1CCN(C(=O)[C@H]2CCC[C@@H](C(F)(F)F)C2)CC1. The maximum absolute atomic E-state index is 12.9. The van der Waals surface area contributed by atoms with Crippen LogP contribution < -0.4 is 0 Å². The Morgan fingerprint density at radius 2 is 1.74 bits per heavy atom. The lowest BCUT2D eigenvalue weighted by Gasteiger charge is -2.39. The molecular formula is C16H27F3N2O2. The number of carbonyl (C=O) groups is 1. The minimum Gasteiger partial charge on any atom is -0.389 e. The van der Waals surface area contributed by atoms with Crippen LogP contribution in [0.1, 0.15) is 39.5 Å². The summed E-state index contributed by atoms with van der Waals surface area (Å²) in [5.74, 6) is -1.94. The Morgan fingerprint density at radius 1 is 1.13 bits per heavy atom. The third-order valence-corrected chi connectivity index (χ3v) is 4.78. The average molecular weight is 336 g/mol. The summed E-state index contributed by atoms with van der Waals surface area (Å²) in [7, 11) is 0. The summed E-state index contributed by atoms with van der Waals surface area (Å²) in [6.07, 6.45) is -3.07. The second-order valence-corrected chi connectivity index (χ2v) is 7.52. The third kappa shape index (κ3) is 5.35. The summed E-state index contributed by atoms with van der Waals surface area (Å²) in [6.45, 7) is 6.39. The van der Waals surface area contributed by atoms with Gasteiger partial charge in [0.15, 0.2) is 0 Å². The van der Waals surface area contributed by atoms with Crippen LogP contribution in [-0.2, 0) is 4.79 Å². The molecule has 2 atom stereocenters. The maximum atomic E-state index is 12.9. The Bertz CT molecular complexity index is 413. The number of rotatable bonds is 3. The quantitative estimate of drug-likeness (QED) is 0.860. The molecule has 0 bridgehead atoms.